The van der Waals surface area contributed by atoms with Gasteiger partial charge in [0.2, 0.25) is 10.0 Å². The number of para-hydroxylation sites is 1. The highest BCUT2D eigenvalue weighted by molar-refractivity contribution is 7.89. The standard InChI is InChI=1S/C21H23Cl2N3O3S/c1-3-30(27,28)25-9-10-29-20-6-4-5-16-19(11-14(2)26-21(16)20)24-13-15-7-8-17(22)18(23)12-15/h4-8,11-12,25H,3,9-10,13H2,1-2H3,(H,24,26). The zero-order valence-electron chi connectivity index (χ0n) is 16.7. The lowest BCUT2D eigenvalue weighted by Gasteiger charge is -2.14. The first kappa shape index (κ1) is 22.6. The molecule has 30 heavy (non-hydrogen) atoms. The van der Waals surface area contributed by atoms with Crippen molar-refractivity contribution in [1.82, 2.24) is 9.71 Å². The molecular weight excluding hydrogens is 445 g/mol. The summed E-state index contributed by atoms with van der Waals surface area (Å²) in [4.78, 5) is 4.62. The first-order valence-corrected chi connectivity index (χ1v) is 11.9. The number of aryl methyl sites for hydroxylation is 1. The zero-order valence-corrected chi connectivity index (χ0v) is 19.0. The maximum Gasteiger partial charge on any atom is 0.211 e. The van der Waals surface area contributed by atoms with Crippen LogP contribution in [0.25, 0.3) is 10.9 Å². The Morgan fingerprint density at radius 3 is 2.63 bits per heavy atom. The van der Waals surface area contributed by atoms with Crippen LogP contribution in [0.5, 0.6) is 5.75 Å². The van der Waals surface area contributed by atoms with Gasteiger partial charge in [-0.1, -0.05) is 41.4 Å². The lowest BCUT2D eigenvalue weighted by molar-refractivity contribution is 0.326. The van der Waals surface area contributed by atoms with E-state index in [9.17, 15) is 8.42 Å². The van der Waals surface area contributed by atoms with E-state index in [-0.39, 0.29) is 18.9 Å². The van der Waals surface area contributed by atoms with Crippen molar-refractivity contribution in [2.75, 3.05) is 24.2 Å². The third kappa shape index (κ3) is 5.76. The van der Waals surface area contributed by atoms with Crippen molar-refractivity contribution in [1.29, 1.82) is 0 Å². The first-order chi connectivity index (χ1) is 14.3. The van der Waals surface area contributed by atoms with E-state index in [2.05, 4.69) is 15.0 Å². The molecule has 0 bridgehead atoms. The van der Waals surface area contributed by atoms with Crippen LogP contribution in [-0.4, -0.2) is 32.3 Å². The molecule has 2 aromatic carbocycles. The summed E-state index contributed by atoms with van der Waals surface area (Å²) in [5.74, 6) is 0.639. The highest BCUT2D eigenvalue weighted by Gasteiger charge is 2.11. The molecule has 160 valence electrons. The van der Waals surface area contributed by atoms with Crippen LogP contribution in [0.2, 0.25) is 10.0 Å². The third-order valence-electron chi connectivity index (χ3n) is 4.46. The maximum atomic E-state index is 11.5. The molecule has 2 N–H and O–H groups in total. The predicted molar refractivity (Wildman–Crippen MR) is 123 cm³/mol. The Hall–Kier alpha value is -2.06. The van der Waals surface area contributed by atoms with Gasteiger partial charge in [0.15, 0.2) is 0 Å². The number of anilines is 1. The van der Waals surface area contributed by atoms with Gasteiger partial charge in [-0.05, 0) is 43.7 Å². The van der Waals surface area contributed by atoms with Crippen molar-refractivity contribution < 1.29 is 13.2 Å². The number of halogens is 2. The molecule has 3 rings (SSSR count). The number of rotatable bonds is 9. The zero-order chi connectivity index (χ0) is 21.7. The number of hydrogen-bond donors (Lipinski definition) is 2. The van der Waals surface area contributed by atoms with Crippen molar-refractivity contribution in [3.8, 4) is 5.75 Å². The Morgan fingerprint density at radius 2 is 1.90 bits per heavy atom. The molecule has 0 radical (unpaired) electrons. The lowest BCUT2D eigenvalue weighted by atomic mass is 10.1. The second-order valence-electron chi connectivity index (χ2n) is 6.71. The Bertz CT molecular complexity index is 1150. The number of benzene rings is 2. The molecule has 0 saturated carbocycles. The number of pyridine rings is 1. The summed E-state index contributed by atoms with van der Waals surface area (Å²) in [6.07, 6.45) is 0. The molecular formula is C21H23Cl2N3O3S. The highest BCUT2D eigenvalue weighted by atomic mass is 35.5. The smallest absolute Gasteiger partial charge is 0.211 e. The van der Waals surface area contributed by atoms with E-state index >= 15 is 0 Å². The molecule has 0 aliphatic heterocycles. The molecule has 6 nitrogen and oxygen atoms in total. The second kappa shape index (κ2) is 9.83. The fraction of sp³-hybridized carbons (Fsp3) is 0.286. The van der Waals surface area contributed by atoms with Crippen molar-refractivity contribution in [2.45, 2.75) is 20.4 Å². The average molecular weight is 468 g/mol. The van der Waals surface area contributed by atoms with E-state index in [4.69, 9.17) is 27.9 Å². The molecule has 9 heteroatoms. The van der Waals surface area contributed by atoms with Crippen LogP contribution in [0.15, 0.2) is 42.5 Å². The van der Waals surface area contributed by atoms with Gasteiger partial charge in [-0.25, -0.2) is 18.1 Å². The van der Waals surface area contributed by atoms with Gasteiger partial charge in [0.05, 0.1) is 15.8 Å². The minimum atomic E-state index is -3.24. The quantitative estimate of drug-likeness (QED) is 0.442. The maximum absolute atomic E-state index is 11.5. The molecule has 0 unspecified atom stereocenters. The number of fused-ring (bicyclic) bond motifs is 1. The second-order valence-corrected chi connectivity index (χ2v) is 9.62. The fourth-order valence-corrected chi connectivity index (χ4v) is 3.84. The molecule has 0 spiro atoms. The summed E-state index contributed by atoms with van der Waals surface area (Å²) in [7, 11) is -3.24. The number of aromatic nitrogens is 1. The van der Waals surface area contributed by atoms with Gasteiger partial charge in [-0.15, -0.1) is 0 Å². The van der Waals surface area contributed by atoms with E-state index in [1.54, 1.807) is 13.0 Å². The molecule has 0 aliphatic rings. The van der Waals surface area contributed by atoms with Gasteiger partial charge >= 0.3 is 0 Å². The minimum Gasteiger partial charge on any atom is -0.490 e. The van der Waals surface area contributed by atoms with E-state index in [0.29, 0.717) is 27.9 Å². The van der Waals surface area contributed by atoms with Crippen molar-refractivity contribution in [3.05, 3.63) is 63.8 Å². The number of sulfonamides is 1. The molecule has 0 amide bonds. The topological polar surface area (TPSA) is 80.3 Å². The Morgan fingerprint density at radius 1 is 1.10 bits per heavy atom. The first-order valence-electron chi connectivity index (χ1n) is 9.47. The predicted octanol–water partition coefficient (Wildman–Crippen LogP) is 4.78. The van der Waals surface area contributed by atoms with Crippen LogP contribution in [-0.2, 0) is 16.6 Å². The van der Waals surface area contributed by atoms with E-state index in [1.807, 2.05) is 43.3 Å². The molecule has 0 fully saturated rings. The number of nitrogens with zero attached hydrogens (tertiary/aromatic N) is 1. The van der Waals surface area contributed by atoms with Gasteiger partial charge in [-0.3, -0.25) is 0 Å². The largest absolute Gasteiger partial charge is 0.490 e. The molecule has 1 heterocycles. The van der Waals surface area contributed by atoms with E-state index in [1.165, 1.54) is 0 Å². The van der Waals surface area contributed by atoms with Crippen LogP contribution >= 0.6 is 23.2 Å². The van der Waals surface area contributed by atoms with E-state index < -0.39 is 10.0 Å². The van der Waals surface area contributed by atoms with Crippen molar-refractivity contribution >= 4 is 49.8 Å². The minimum absolute atomic E-state index is 0.0376. The van der Waals surface area contributed by atoms with Gasteiger partial charge in [-0.2, -0.15) is 0 Å². The Balaban J connectivity index is 1.77. The summed E-state index contributed by atoms with van der Waals surface area (Å²) in [6, 6.07) is 13.2. The van der Waals surface area contributed by atoms with Gasteiger partial charge in [0.1, 0.15) is 17.9 Å². The SMILES string of the molecule is CCS(=O)(=O)NCCOc1cccc2c(NCc3ccc(Cl)c(Cl)c3)cc(C)nc12. The number of nitrogens with one attached hydrogen (secondary N) is 2. The van der Waals surface area contributed by atoms with Gasteiger partial charge in [0, 0.05) is 29.9 Å². The van der Waals surface area contributed by atoms with Crippen LogP contribution in [0.3, 0.4) is 0 Å². The summed E-state index contributed by atoms with van der Waals surface area (Å²) < 4.78 is 31.4. The van der Waals surface area contributed by atoms with Crippen LogP contribution in [0, 0.1) is 6.92 Å². The summed E-state index contributed by atoms with van der Waals surface area (Å²) in [6.45, 7) is 4.48. The van der Waals surface area contributed by atoms with Crippen LogP contribution < -0.4 is 14.8 Å². The Kier molecular flexibility index (Phi) is 7.41. The molecule has 0 aliphatic carbocycles. The highest BCUT2D eigenvalue weighted by Crippen LogP contribution is 2.31. The van der Waals surface area contributed by atoms with Gasteiger partial charge < -0.3 is 10.1 Å². The average Bonchev–Trinajstić information content (AvgIpc) is 2.72. The lowest BCUT2D eigenvalue weighted by Crippen LogP contribution is -2.29. The fourth-order valence-electron chi connectivity index (χ4n) is 2.92. The van der Waals surface area contributed by atoms with Crippen molar-refractivity contribution in [3.63, 3.8) is 0 Å². The molecule has 0 atom stereocenters. The molecule has 0 saturated heterocycles. The van der Waals surface area contributed by atoms with Crippen LogP contribution in [0.1, 0.15) is 18.2 Å². The number of ether oxygens (including phenoxy) is 1. The molecule has 3 aromatic rings. The normalized spacial score (nSPS) is 11.6. The third-order valence-corrected chi connectivity index (χ3v) is 6.60. The van der Waals surface area contributed by atoms with Crippen LogP contribution in [0.4, 0.5) is 5.69 Å². The summed E-state index contributed by atoms with van der Waals surface area (Å²) in [5.41, 5.74) is 3.47. The molecule has 1 aromatic heterocycles. The summed E-state index contributed by atoms with van der Waals surface area (Å²) >= 11 is 12.1. The van der Waals surface area contributed by atoms with Crippen molar-refractivity contribution in [2.24, 2.45) is 0 Å². The monoisotopic (exact) mass is 467 g/mol. The number of hydrogen-bond acceptors (Lipinski definition) is 5. The Labute approximate surface area is 186 Å². The van der Waals surface area contributed by atoms with E-state index in [0.717, 1.165) is 22.3 Å². The summed E-state index contributed by atoms with van der Waals surface area (Å²) in [5, 5.41) is 5.37. The van der Waals surface area contributed by atoms with Gasteiger partial charge in [0.25, 0.3) is 0 Å².